The van der Waals surface area contributed by atoms with Crippen molar-refractivity contribution in [2.75, 3.05) is 7.11 Å². The van der Waals surface area contributed by atoms with Gasteiger partial charge >= 0.3 is 0 Å². The lowest BCUT2D eigenvalue weighted by Crippen LogP contribution is -2.51. The molecule has 2 aromatic rings. The van der Waals surface area contributed by atoms with Gasteiger partial charge < -0.3 is 15.8 Å². The molecule has 0 unspecified atom stereocenters. The number of aromatic nitrogens is 3. The quantitative estimate of drug-likeness (QED) is 0.831. The molecule has 1 aliphatic carbocycles. The Morgan fingerprint density at radius 1 is 1.54 bits per heavy atom. The van der Waals surface area contributed by atoms with E-state index in [2.05, 4.69) is 15.4 Å². The van der Waals surface area contributed by atoms with Crippen LogP contribution in [-0.2, 0) is 11.3 Å². The molecule has 2 amide bonds. The number of methoxy groups -OCH3 is 1. The van der Waals surface area contributed by atoms with Crippen molar-refractivity contribution >= 4 is 17.5 Å². The molecule has 24 heavy (non-hydrogen) atoms. The summed E-state index contributed by atoms with van der Waals surface area (Å²) in [6, 6.07) is 1.25. The highest BCUT2D eigenvalue weighted by atomic mass is 19.1. The first-order valence-electron chi connectivity index (χ1n) is 7.47. The van der Waals surface area contributed by atoms with E-state index in [0.717, 1.165) is 0 Å². The van der Waals surface area contributed by atoms with Crippen molar-refractivity contribution in [2.24, 2.45) is 5.73 Å². The Hall–Kier alpha value is -2.55. The summed E-state index contributed by atoms with van der Waals surface area (Å²) in [6.45, 7) is 1.56. The lowest BCUT2D eigenvalue weighted by Gasteiger charge is -2.38. The van der Waals surface area contributed by atoms with Crippen molar-refractivity contribution in [1.82, 2.24) is 19.9 Å². The molecule has 3 N–H and O–H groups in total. The van der Waals surface area contributed by atoms with Crippen LogP contribution in [0.5, 0.6) is 0 Å². The van der Waals surface area contributed by atoms with Crippen LogP contribution in [0.4, 0.5) is 4.39 Å². The first kappa shape index (κ1) is 16.3. The molecule has 1 saturated carbocycles. The molecule has 0 aromatic carbocycles. The summed E-state index contributed by atoms with van der Waals surface area (Å²) in [7, 11) is 1.46. The molecule has 2 heterocycles. The summed E-state index contributed by atoms with van der Waals surface area (Å²) in [6.07, 6.45) is 1.94. The van der Waals surface area contributed by atoms with E-state index in [9.17, 15) is 14.0 Å². The van der Waals surface area contributed by atoms with Gasteiger partial charge in [0.15, 0.2) is 5.65 Å². The number of ether oxygens (including phenoxy) is 1. The maximum atomic E-state index is 13.5. The summed E-state index contributed by atoms with van der Waals surface area (Å²) in [4.78, 5) is 28.2. The third kappa shape index (κ3) is 2.82. The van der Waals surface area contributed by atoms with Gasteiger partial charge in [0.05, 0.1) is 6.61 Å². The van der Waals surface area contributed by atoms with Gasteiger partial charge in [0.1, 0.15) is 22.6 Å². The van der Waals surface area contributed by atoms with Crippen LogP contribution in [-0.4, -0.2) is 45.2 Å². The Kier molecular flexibility index (Phi) is 3.96. The number of carbonyl (C=O) groups is 2. The number of nitrogens with one attached hydrogen (secondary N) is 1. The van der Waals surface area contributed by atoms with E-state index < -0.39 is 17.5 Å². The second kappa shape index (κ2) is 5.82. The zero-order valence-corrected chi connectivity index (χ0v) is 13.4. The molecule has 0 atom stereocenters. The zero-order chi connectivity index (χ0) is 17.5. The van der Waals surface area contributed by atoms with Gasteiger partial charge in [-0.25, -0.2) is 13.9 Å². The van der Waals surface area contributed by atoms with E-state index in [1.807, 2.05) is 0 Å². The largest absolute Gasteiger partial charge is 0.378 e. The monoisotopic (exact) mass is 335 g/mol. The van der Waals surface area contributed by atoms with Gasteiger partial charge in [0.2, 0.25) is 0 Å². The topological polar surface area (TPSA) is 112 Å². The molecular formula is C15H18FN5O3. The maximum Gasteiger partial charge on any atom is 0.270 e. The minimum atomic E-state index is -1.23. The fourth-order valence-electron chi connectivity index (χ4n) is 2.98. The number of rotatable bonds is 5. The Labute approximate surface area is 137 Å². The molecule has 3 rings (SSSR count). The first-order valence-corrected chi connectivity index (χ1v) is 7.47. The van der Waals surface area contributed by atoms with Crippen molar-refractivity contribution in [3.63, 3.8) is 0 Å². The number of carbonyl (C=O) groups excluding carboxylic acids is 2. The van der Waals surface area contributed by atoms with Crippen molar-refractivity contribution in [3.8, 4) is 0 Å². The van der Waals surface area contributed by atoms with Crippen LogP contribution < -0.4 is 11.1 Å². The van der Waals surface area contributed by atoms with Crippen LogP contribution in [0, 0.1) is 0 Å². The van der Waals surface area contributed by atoms with Crippen LogP contribution in [0.25, 0.3) is 5.65 Å². The summed E-state index contributed by atoms with van der Waals surface area (Å²) in [5.74, 6) is -1.11. The summed E-state index contributed by atoms with van der Waals surface area (Å²) >= 11 is 0. The second-order valence-corrected chi connectivity index (χ2v) is 6.18. The Morgan fingerprint density at radius 3 is 2.83 bits per heavy atom. The molecule has 0 radical (unpaired) electrons. The van der Waals surface area contributed by atoms with Gasteiger partial charge in [-0.1, -0.05) is 0 Å². The molecule has 0 spiro atoms. The van der Waals surface area contributed by atoms with E-state index in [1.54, 1.807) is 0 Å². The maximum absolute atomic E-state index is 13.5. The van der Waals surface area contributed by atoms with Crippen LogP contribution in [0.1, 0.15) is 46.3 Å². The van der Waals surface area contributed by atoms with Crippen molar-refractivity contribution in [3.05, 3.63) is 29.2 Å². The van der Waals surface area contributed by atoms with E-state index >= 15 is 0 Å². The molecule has 8 nitrogen and oxygen atoms in total. The van der Waals surface area contributed by atoms with E-state index in [-0.39, 0.29) is 42.4 Å². The minimum absolute atomic E-state index is 0.0610. The Morgan fingerprint density at radius 2 is 2.25 bits per heavy atom. The van der Waals surface area contributed by atoms with Crippen LogP contribution in [0.15, 0.2) is 12.3 Å². The Bertz CT molecular complexity index is 809. The van der Waals surface area contributed by atoms with Gasteiger partial charge in [-0.2, -0.15) is 5.10 Å². The third-order valence-electron chi connectivity index (χ3n) is 4.03. The fourth-order valence-corrected chi connectivity index (χ4v) is 2.98. The van der Waals surface area contributed by atoms with Gasteiger partial charge in [0.25, 0.3) is 11.8 Å². The van der Waals surface area contributed by atoms with E-state index in [1.165, 1.54) is 30.8 Å². The number of nitrogens with zero attached hydrogens (tertiary/aromatic N) is 3. The number of fused-ring (bicyclic) bond motifs is 1. The van der Waals surface area contributed by atoms with Crippen molar-refractivity contribution < 1.29 is 18.7 Å². The highest BCUT2D eigenvalue weighted by Crippen LogP contribution is 2.35. The molecule has 0 bridgehead atoms. The smallest absolute Gasteiger partial charge is 0.270 e. The third-order valence-corrected chi connectivity index (χ3v) is 4.03. The lowest BCUT2D eigenvalue weighted by molar-refractivity contribution is 0.0442. The predicted molar refractivity (Wildman–Crippen MR) is 82.2 cm³/mol. The zero-order valence-electron chi connectivity index (χ0n) is 13.4. The first-order chi connectivity index (χ1) is 11.3. The van der Waals surface area contributed by atoms with Gasteiger partial charge in [-0.3, -0.25) is 9.59 Å². The molecule has 1 fully saturated rings. The van der Waals surface area contributed by atoms with Crippen LogP contribution in [0.3, 0.4) is 0 Å². The summed E-state index contributed by atoms with van der Waals surface area (Å²) < 4.78 is 19.8. The Balaban J connectivity index is 1.95. The molecule has 0 saturated heterocycles. The molecular weight excluding hydrogens is 317 g/mol. The molecule has 1 aliphatic rings. The SMILES string of the molecule is COCc1nn2c(C(=O)NC3CC(C)(F)C3)ccnc2c1C(N)=O. The lowest BCUT2D eigenvalue weighted by atomic mass is 9.79. The van der Waals surface area contributed by atoms with Crippen molar-refractivity contribution in [1.29, 1.82) is 0 Å². The second-order valence-electron chi connectivity index (χ2n) is 6.18. The highest BCUT2D eigenvalue weighted by Gasteiger charge is 2.41. The highest BCUT2D eigenvalue weighted by molar-refractivity contribution is 6.01. The minimum Gasteiger partial charge on any atom is -0.378 e. The number of hydrogen-bond acceptors (Lipinski definition) is 5. The average Bonchev–Trinajstić information content (AvgIpc) is 2.83. The molecule has 2 aromatic heterocycles. The molecule has 0 aliphatic heterocycles. The molecule has 9 heteroatoms. The number of amides is 2. The standard InChI is InChI=1S/C15H18FN5O3/c1-15(16)5-8(6-15)19-14(23)10-3-4-18-13-11(12(17)22)9(7-24-2)20-21(10)13/h3-4,8H,5-7H2,1-2H3,(H2,17,22)(H,19,23). The van der Waals surface area contributed by atoms with Gasteiger partial charge in [0, 0.05) is 32.2 Å². The number of halogens is 1. The number of hydrogen-bond donors (Lipinski definition) is 2. The summed E-state index contributed by atoms with van der Waals surface area (Å²) in [5, 5.41) is 6.97. The van der Waals surface area contributed by atoms with Crippen LogP contribution >= 0.6 is 0 Å². The van der Waals surface area contributed by atoms with Crippen LogP contribution in [0.2, 0.25) is 0 Å². The van der Waals surface area contributed by atoms with Gasteiger partial charge in [-0.15, -0.1) is 0 Å². The fraction of sp³-hybridized carbons (Fsp3) is 0.467. The summed E-state index contributed by atoms with van der Waals surface area (Å²) in [5.41, 5.74) is 4.96. The average molecular weight is 335 g/mol. The van der Waals surface area contributed by atoms with E-state index in [0.29, 0.717) is 5.69 Å². The van der Waals surface area contributed by atoms with Crippen molar-refractivity contribution in [2.45, 2.75) is 38.1 Å². The van der Waals surface area contributed by atoms with Gasteiger partial charge in [-0.05, 0) is 13.0 Å². The number of alkyl halides is 1. The molecule has 128 valence electrons. The predicted octanol–water partition coefficient (Wildman–Crippen LogP) is 0.595. The number of nitrogens with two attached hydrogens (primary N) is 1. The van der Waals surface area contributed by atoms with E-state index in [4.69, 9.17) is 10.5 Å². The number of primary amides is 1. The normalized spacial score (nSPS) is 23.0.